The number of carbonyl (C=O) groups is 2. The minimum Gasteiger partial charge on any atom is -0.398 e. The number of likely N-dealkylation sites (N-methyl/N-ethyl adjacent to an activating group) is 1. The number of hydrogen-bond donors (Lipinski definition) is 2. The highest BCUT2D eigenvalue weighted by Crippen LogP contribution is 2.22. The van der Waals surface area contributed by atoms with Crippen molar-refractivity contribution in [2.24, 2.45) is 0 Å². The molecule has 0 aromatic heterocycles. The van der Waals surface area contributed by atoms with E-state index < -0.39 is 6.04 Å². The second kappa shape index (κ2) is 6.23. The summed E-state index contributed by atoms with van der Waals surface area (Å²) in [5, 5.41) is 2.55. The lowest BCUT2D eigenvalue weighted by molar-refractivity contribution is -0.130. The molecule has 0 aliphatic carbocycles. The van der Waals surface area contributed by atoms with Gasteiger partial charge in [0.15, 0.2) is 0 Å². The largest absolute Gasteiger partial charge is 0.398 e. The average Bonchev–Trinajstić information content (AvgIpc) is 2.48. The Hall–Kier alpha value is -1.60. The first-order chi connectivity index (χ1) is 9.54. The highest BCUT2D eigenvalue weighted by atomic mass is 79.9. The smallest absolute Gasteiger partial charge is 0.254 e. The molecule has 0 spiro atoms. The van der Waals surface area contributed by atoms with Crippen LogP contribution in [-0.2, 0) is 9.53 Å². The summed E-state index contributed by atoms with van der Waals surface area (Å²) in [5.74, 6) is -0.435. The van der Waals surface area contributed by atoms with E-state index in [0.29, 0.717) is 28.9 Å². The summed E-state index contributed by atoms with van der Waals surface area (Å²) < 4.78 is 5.94. The van der Waals surface area contributed by atoms with Gasteiger partial charge in [0.2, 0.25) is 5.91 Å². The number of nitrogens with zero attached hydrogens (tertiary/aromatic N) is 1. The normalized spacial score (nSPS) is 18.7. The van der Waals surface area contributed by atoms with Gasteiger partial charge in [-0.05, 0) is 34.1 Å². The Morgan fingerprint density at radius 1 is 1.50 bits per heavy atom. The van der Waals surface area contributed by atoms with Gasteiger partial charge >= 0.3 is 0 Å². The van der Waals surface area contributed by atoms with Crippen LogP contribution in [0.25, 0.3) is 0 Å². The Balaban J connectivity index is 2.25. The minimum absolute atomic E-state index is 0.206. The van der Waals surface area contributed by atoms with E-state index in [-0.39, 0.29) is 18.4 Å². The molecule has 0 radical (unpaired) electrons. The van der Waals surface area contributed by atoms with Gasteiger partial charge in [0.05, 0.1) is 13.2 Å². The molecule has 0 saturated carbocycles. The van der Waals surface area contributed by atoms with Crippen LogP contribution in [0.5, 0.6) is 0 Å². The number of halogens is 1. The van der Waals surface area contributed by atoms with E-state index in [9.17, 15) is 9.59 Å². The SMILES string of the molecule is CNC(=O)C1COCCN1C(=O)c1ccc(N)c(Br)c1. The number of hydrogen-bond acceptors (Lipinski definition) is 4. The quantitative estimate of drug-likeness (QED) is 0.772. The highest BCUT2D eigenvalue weighted by molar-refractivity contribution is 9.10. The molecule has 1 aromatic rings. The molecule has 1 aliphatic heterocycles. The Morgan fingerprint density at radius 2 is 2.25 bits per heavy atom. The van der Waals surface area contributed by atoms with Crippen molar-refractivity contribution in [1.29, 1.82) is 0 Å². The number of amides is 2. The number of morpholine rings is 1. The summed E-state index contributed by atoms with van der Waals surface area (Å²) in [7, 11) is 1.54. The van der Waals surface area contributed by atoms with Crippen molar-refractivity contribution < 1.29 is 14.3 Å². The van der Waals surface area contributed by atoms with Crippen molar-refractivity contribution in [3.63, 3.8) is 0 Å². The third-order valence-electron chi connectivity index (χ3n) is 3.19. The molecular formula is C13H16BrN3O3. The monoisotopic (exact) mass is 341 g/mol. The lowest BCUT2D eigenvalue weighted by atomic mass is 10.1. The molecule has 108 valence electrons. The highest BCUT2D eigenvalue weighted by Gasteiger charge is 2.32. The fourth-order valence-electron chi connectivity index (χ4n) is 2.06. The molecular weight excluding hydrogens is 326 g/mol. The van der Waals surface area contributed by atoms with Gasteiger partial charge in [-0.2, -0.15) is 0 Å². The predicted molar refractivity (Wildman–Crippen MR) is 78.3 cm³/mol. The van der Waals surface area contributed by atoms with Crippen molar-refractivity contribution in [3.8, 4) is 0 Å². The van der Waals surface area contributed by atoms with E-state index in [2.05, 4.69) is 21.2 Å². The summed E-state index contributed by atoms with van der Waals surface area (Å²) in [6.07, 6.45) is 0. The maximum absolute atomic E-state index is 12.5. The zero-order valence-electron chi connectivity index (χ0n) is 11.1. The molecule has 1 aromatic carbocycles. The zero-order valence-corrected chi connectivity index (χ0v) is 12.6. The fraction of sp³-hybridized carbons (Fsp3) is 0.385. The topological polar surface area (TPSA) is 84.7 Å². The van der Waals surface area contributed by atoms with Crippen LogP contribution in [0, 0.1) is 0 Å². The number of nitrogen functional groups attached to an aromatic ring is 1. The van der Waals surface area contributed by atoms with E-state index in [0.717, 1.165) is 0 Å². The summed E-state index contributed by atoms with van der Waals surface area (Å²) in [6, 6.07) is 4.37. The van der Waals surface area contributed by atoms with Gasteiger partial charge in [-0.15, -0.1) is 0 Å². The van der Waals surface area contributed by atoms with Crippen LogP contribution >= 0.6 is 15.9 Å². The van der Waals surface area contributed by atoms with Gasteiger partial charge in [0.25, 0.3) is 5.91 Å². The van der Waals surface area contributed by atoms with Crippen LogP contribution in [0.1, 0.15) is 10.4 Å². The Kier molecular flexibility index (Phi) is 4.61. The minimum atomic E-state index is -0.599. The van der Waals surface area contributed by atoms with Crippen LogP contribution in [0.3, 0.4) is 0 Å². The molecule has 6 nitrogen and oxygen atoms in total. The molecule has 1 fully saturated rings. The summed E-state index contributed by atoms with van der Waals surface area (Å²) >= 11 is 3.30. The number of ether oxygens (including phenoxy) is 1. The van der Waals surface area contributed by atoms with Gasteiger partial charge in [-0.1, -0.05) is 0 Å². The van der Waals surface area contributed by atoms with Crippen molar-refractivity contribution in [2.45, 2.75) is 6.04 Å². The second-order valence-corrected chi connectivity index (χ2v) is 5.29. The fourth-order valence-corrected chi connectivity index (χ4v) is 2.44. The molecule has 1 heterocycles. The molecule has 2 rings (SSSR count). The van der Waals surface area contributed by atoms with E-state index in [1.54, 1.807) is 25.2 Å². The second-order valence-electron chi connectivity index (χ2n) is 4.44. The van der Waals surface area contributed by atoms with Gasteiger partial charge < -0.3 is 20.7 Å². The number of anilines is 1. The number of benzene rings is 1. The summed E-state index contributed by atoms with van der Waals surface area (Å²) in [4.78, 5) is 25.9. The Bertz CT molecular complexity index is 536. The average molecular weight is 342 g/mol. The molecule has 20 heavy (non-hydrogen) atoms. The lowest BCUT2D eigenvalue weighted by Gasteiger charge is -2.34. The van der Waals surface area contributed by atoms with Gasteiger partial charge in [-0.3, -0.25) is 9.59 Å². The standard InChI is InChI=1S/C13H16BrN3O3/c1-16-12(18)11-7-20-5-4-17(11)13(19)8-2-3-10(15)9(14)6-8/h2-3,6,11H,4-5,7,15H2,1H3,(H,16,18). The van der Waals surface area contributed by atoms with E-state index in [1.165, 1.54) is 4.90 Å². The van der Waals surface area contributed by atoms with Crippen molar-refractivity contribution >= 4 is 33.4 Å². The lowest BCUT2D eigenvalue weighted by Crippen LogP contribution is -2.55. The molecule has 7 heteroatoms. The van der Waals surface area contributed by atoms with Gasteiger partial charge in [0.1, 0.15) is 6.04 Å². The molecule has 2 amide bonds. The van der Waals surface area contributed by atoms with Crippen molar-refractivity contribution in [1.82, 2.24) is 10.2 Å². The molecule has 0 bridgehead atoms. The first-order valence-corrected chi connectivity index (χ1v) is 6.99. The Labute approximate surface area is 125 Å². The van der Waals surface area contributed by atoms with Crippen molar-refractivity contribution in [3.05, 3.63) is 28.2 Å². The van der Waals surface area contributed by atoms with Gasteiger partial charge in [-0.25, -0.2) is 0 Å². The van der Waals surface area contributed by atoms with E-state index in [4.69, 9.17) is 10.5 Å². The number of nitrogens with one attached hydrogen (secondary N) is 1. The van der Waals surface area contributed by atoms with Crippen molar-refractivity contribution in [2.75, 3.05) is 32.5 Å². The molecule has 3 N–H and O–H groups in total. The van der Waals surface area contributed by atoms with Crippen LogP contribution in [-0.4, -0.2) is 49.6 Å². The third kappa shape index (κ3) is 2.94. The van der Waals surface area contributed by atoms with Crippen LogP contribution in [0.15, 0.2) is 22.7 Å². The van der Waals surface area contributed by atoms with Crippen LogP contribution < -0.4 is 11.1 Å². The first-order valence-electron chi connectivity index (χ1n) is 6.20. The number of nitrogens with two attached hydrogens (primary N) is 1. The molecule has 1 unspecified atom stereocenters. The first kappa shape index (κ1) is 14.8. The number of rotatable bonds is 2. The van der Waals surface area contributed by atoms with E-state index in [1.807, 2.05) is 0 Å². The van der Waals surface area contributed by atoms with Crippen LogP contribution in [0.4, 0.5) is 5.69 Å². The molecule has 1 atom stereocenters. The summed E-state index contributed by atoms with van der Waals surface area (Å²) in [5.41, 5.74) is 6.76. The maximum atomic E-state index is 12.5. The van der Waals surface area contributed by atoms with Crippen LogP contribution in [0.2, 0.25) is 0 Å². The zero-order chi connectivity index (χ0) is 14.7. The molecule has 1 saturated heterocycles. The summed E-state index contributed by atoms with van der Waals surface area (Å²) in [6.45, 7) is 1.02. The van der Waals surface area contributed by atoms with E-state index >= 15 is 0 Å². The molecule has 1 aliphatic rings. The predicted octanol–water partition coefficient (Wildman–Crippen LogP) is 0.618. The number of carbonyl (C=O) groups excluding carboxylic acids is 2. The van der Waals surface area contributed by atoms with Gasteiger partial charge in [0, 0.05) is 29.3 Å². The maximum Gasteiger partial charge on any atom is 0.254 e. The Morgan fingerprint density at radius 3 is 2.90 bits per heavy atom. The third-order valence-corrected chi connectivity index (χ3v) is 3.87.